The van der Waals surface area contributed by atoms with Gasteiger partial charge in [-0.2, -0.15) is 0 Å². The fourth-order valence-electron chi connectivity index (χ4n) is 1.74. The molecule has 12 heavy (non-hydrogen) atoms. The van der Waals surface area contributed by atoms with Crippen molar-refractivity contribution >= 4 is 13.9 Å². The standard InChI is InChI=1S/C10H14OSi/c1-7-5-8(2)10(12(4)11)9(3)6-7/h5-6H,1-4H3. The van der Waals surface area contributed by atoms with Gasteiger partial charge in [0.25, 0.3) is 0 Å². The minimum Gasteiger partial charge on any atom is -0.383 e. The van der Waals surface area contributed by atoms with E-state index in [1.807, 2.05) is 13.8 Å². The SMILES string of the molecule is Cc1cc(C)c([Si](C)=O)c(C)c1. The molecular weight excluding hydrogens is 164 g/mol. The molecule has 0 saturated heterocycles. The Morgan fingerprint density at radius 3 is 1.83 bits per heavy atom. The van der Waals surface area contributed by atoms with Gasteiger partial charge < -0.3 is 4.46 Å². The van der Waals surface area contributed by atoms with Crippen molar-refractivity contribution in [2.24, 2.45) is 0 Å². The fraction of sp³-hybridized carbons (Fsp3) is 0.400. The molecule has 0 unspecified atom stereocenters. The van der Waals surface area contributed by atoms with Gasteiger partial charge in [0.15, 0.2) is 0 Å². The minimum absolute atomic E-state index is 1.06. The predicted molar refractivity (Wildman–Crippen MR) is 52.6 cm³/mol. The third kappa shape index (κ3) is 1.69. The zero-order chi connectivity index (χ0) is 9.30. The van der Waals surface area contributed by atoms with Crippen molar-refractivity contribution in [1.82, 2.24) is 0 Å². The Bertz CT molecular complexity index is 306. The van der Waals surface area contributed by atoms with Crippen LogP contribution in [-0.4, -0.2) is 8.68 Å². The highest BCUT2D eigenvalue weighted by Gasteiger charge is 2.09. The van der Waals surface area contributed by atoms with Gasteiger partial charge in [0, 0.05) is 5.19 Å². The lowest BCUT2D eigenvalue weighted by Crippen LogP contribution is -2.23. The van der Waals surface area contributed by atoms with Crippen molar-refractivity contribution in [2.75, 3.05) is 0 Å². The summed E-state index contributed by atoms with van der Waals surface area (Å²) in [6.45, 7) is 7.93. The summed E-state index contributed by atoms with van der Waals surface area (Å²) in [5, 5.41) is 1.06. The lowest BCUT2D eigenvalue weighted by atomic mass is 10.1. The van der Waals surface area contributed by atoms with Crippen molar-refractivity contribution in [3.8, 4) is 0 Å². The number of aryl methyl sites for hydroxylation is 3. The normalized spacial score (nSPS) is 10.0. The van der Waals surface area contributed by atoms with E-state index in [-0.39, 0.29) is 0 Å². The lowest BCUT2D eigenvalue weighted by Gasteiger charge is -2.06. The van der Waals surface area contributed by atoms with E-state index in [0.29, 0.717) is 0 Å². The maximum absolute atomic E-state index is 11.4. The third-order valence-corrected chi connectivity index (χ3v) is 3.52. The molecule has 0 heterocycles. The van der Waals surface area contributed by atoms with Crippen molar-refractivity contribution in [2.45, 2.75) is 27.3 Å². The molecule has 0 aliphatic carbocycles. The molecule has 0 aliphatic heterocycles. The number of benzene rings is 1. The van der Waals surface area contributed by atoms with E-state index in [2.05, 4.69) is 19.1 Å². The first kappa shape index (κ1) is 9.33. The van der Waals surface area contributed by atoms with Gasteiger partial charge in [-0.15, -0.1) is 0 Å². The molecule has 0 spiro atoms. The van der Waals surface area contributed by atoms with Gasteiger partial charge in [0.05, 0.1) is 0 Å². The van der Waals surface area contributed by atoms with Gasteiger partial charge in [-0.1, -0.05) is 17.7 Å². The van der Waals surface area contributed by atoms with Gasteiger partial charge in [0.1, 0.15) is 0 Å². The average molecular weight is 178 g/mol. The summed E-state index contributed by atoms with van der Waals surface area (Å²) < 4.78 is 11.4. The summed E-state index contributed by atoms with van der Waals surface area (Å²) in [5.41, 5.74) is 3.58. The summed E-state index contributed by atoms with van der Waals surface area (Å²) >= 11 is 0. The average Bonchev–Trinajstić information content (AvgIpc) is 1.82. The molecule has 64 valence electrons. The molecule has 1 aromatic carbocycles. The van der Waals surface area contributed by atoms with Crippen LogP contribution in [0.2, 0.25) is 6.55 Å². The Hall–Kier alpha value is -0.763. The summed E-state index contributed by atoms with van der Waals surface area (Å²) in [4.78, 5) is 0. The molecule has 0 N–H and O–H groups in total. The van der Waals surface area contributed by atoms with Crippen molar-refractivity contribution < 1.29 is 4.46 Å². The van der Waals surface area contributed by atoms with Crippen LogP contribution in [0.25, 0.3) is 0 Å². The molecule has 0 amide bonds. The first-order chi connectivity index (χ1) is 5.52. The van der Waals surface area contributed by atoms with Crippen LogP contribution in [0.3, 0.4) is 0 Å². The third-order valence-electron chi connectivity index (χ3n) is 2.03. The van der Waals surface area contributed by atoms with Gasteiger partial charge in [0.2, 0.25) is 0 Å². The summed E-state index contributed by atoms with van der Waals surface area (Å²) in [7, 11) is -1.54. The molecule has 0 saturated carbocycles. The van der Waals surface area contributed by atoms with Gasteiger partial charge >= 0.3 is 8.68 Å². The zero-order valence-corrected chi connectivity index (χ0v) is 9.06. The largest absolute Gasteiger partial charge is 0.383 e. The maximum atomic E-state index is 11.4. The lowest BCUT2D eigenvalue weighted by molar-refractivity contribution is 0.572. The highest BCUT2D eigenvalue weighted by atomic mass is 28.3. The first-order valence-electron chi connectivity index (χ1n) is 4.11. The number of rotatable bonds is 1. The second-order valence-electron chi connectivity index (χ2n) is 3.33. The molecule has 1 nitrogen and oxygen atoms in total. The molecule has 0 bridgehead atoms. The topological polar surface area (TPSA) is 17.1 Å². The number of hydrogen-bond donors (Lipinski definition) is 0. The van der Waals surface area contributed by atoms with Crippen LogP contribution in [0.15, 0.2) is 12.1 Å². The van der Waals surface area contributed by atoms with Crippen molar-refractivity contribution in [3.63, 3.8) is 0 Å². The molecule has 0 aliphatic rings. The molecule has 1 rings (SSSR count). The summed E-state index contributed by atoms with van der Waals surface area (Å²) in [6.07, 6.45) is 0. The Kier molecular flexibility index (Phi) is 2.57. The Labute approximate surface area is 75.1 Å². The van der Waals surface area contributed by atoms with Crippen LogP contribution in [0.5, 0.6) is 0 Å². The number of hydrogen-bond acceptors (Lipinski definition) is 1. The van der Waals surface area contributed by atoms with Crippen LogP contribution < -0.4 is 5.19 Å². The molecule has 0 atom stereocenters. The Morgan fingerprint density at radius 1 is 1.08 bits per heavy atom. The second kappa shape index (κ2) is 3.31. The monoisotopic (exact) mass is 178 g/mol. The first-order valence-corrected chi connectivity index (χ1v) is 6.02. The van der Waals surface area contributed by atoms with E-state index in [0.717, 1.165) is 5.19 Å². The van der Waals surface area contributed by atoms with Gasteiger partial charge in [-0.05, 0) is 38.4 Å². The zero-order valence-electron chi connectivity index (χ0n) is 8.06. The highest BCUT2D eigenvalue weighted by Crippen LogP contribution is 2.05. The summed E-state index contributed by atoms with van der Waals surface area (Å²) in [5.74, 6) is 0. The molecule has 0 fully saturated rings. The van der Waals surface area contributed by atoms with E-state index in [4.69, 9.17) is 0 Å². The molecule has 1 aromatic rings. The van der Waals surface area contributed by atoms with E-state index in [9.17, 15) is 4.46 Å². The van der Waals surface area contributed by atoms with Crippen LogP contribution >= 0.6 is 0 Å². The van der Waals surface area contributed by atoms with E-state index in [1.54, 1.807) is 6.55 Å². The van der Waals surface area contributed by atoms with Crippen LogP contribution in [-0.2, 0) is 4.46 Å². The summed E-state index contributed by atoms with van der Waals surface area (Å²) in [6, 6.07) is 4.18. The van der Waals surface area contributed by atoms with Gasteiger partial charge in [-0.25, -0.2) is 0 Å². The Morgan fingerprint density at radius 2 is 1.50 bits per heavy atom. The van der Waals surface area contributed by atoms with Crippen molar-refractivity contribution in [1.29, 1.82) is 0 Å². The predicted octanol–water partition coefficient (Wildman–Crippen LogP) is 1.87. The van der Waals surface area contributed by atoms with Crippen LogP contribution in [0.4, 0.5) is 0 Å². The Balaban J connectivity index is 3.38. The van der Waals surface area contributed by atoms with Gasteiger partial charge in [-0.3, -0.25) is 0 Å². The second-order valence-corrected chi connectivity index (χ2v) is 4.94. The molecule has 0 radical (unpaired) electrons. The van der Waals surface area contributed by atoms with Crippen LogP contribution in [0, 0.1) is 20.8 Å². The fourth-order valence-corrected chi connectivity index (χ4v) is 2.99. The molecule has 2 heteroatoms. The maximum Gasteiger partial charge on any atom is 0.308 e. The smallest absolute Gasteiger partial charge is 0.308 e. The highest BCUT2D eigenvalue weighted by molar-refractivity contribution is 6.59. The van der Waals surface area contributed by atoms with Crippen molar-refractivity contribution in [3.05, 3.63) is 28.8 Å². The van der Waals surface area contributed by atoms with Crippen LogP contribution in [0.1, 0.15) is 16.7 Å². The van der Waals surface area contributed by atoms with E-state index in [1.165, 1.54) is 16.7 Å². The van der Waals surface area contributed by atoms with E-state index >= 15 is 0 Å². The molecule has 0 aromatic heterocycles. The van der Waals surface area contributed by atoms with E-state index < -0.39 is 8.68 Å². The quantitative estimate of drug-likeness (QED) is 0.600. The minimum atomic E-state index is -1.54. The molecular formula is C10H14OSi.